The molecule has 1 aliphatic carbocycles. The number of nitrogens with zero attached hydrogens (tertiary/aromatic N) is 1. The Kier molecular flexibility index (Phi) is 5.69. The lowest BCUT2D eigenvalue weighted by molar-refractivity contribution is -0.123. The van der Waals surface area contributed by atoms with Crippen LogP contribution in [0, 0.1) is 11.3 Å². The molecule has 3 fully saturated rings. The van der Waals surface area contributed by atoms with Crippen LogP contribution in [0.15, 0.2) is 24.3 Å². The Balaban J connectivity index is 1.44. The van der Waals surface area contributed by atoms with Gasteiger partial charge in [0.1, 0.15) is 5.75 Å². The van der Waals surface area contributed by atoms with E-state index in [0.717, 1.165) is 51.2 Å². The smallest absolute Gasteiger partial charge is 0.223 e. The van der Waals surface area contributed by atoms with Crippen LogP contribution in [0.4, 0.5) is 0 Å². The van der Waals surface area contributed by atoms with Gasteiger partial charge in [-0.25, -0.2) is 0 Å². The van der Waals surface area contributed by atoms with Gasteiger partial charge in [-0.2, -0.15) is 0 Å². The first kappa shape index (κ1) is 18.8. The van der Waals surface area contributed by atoms with Crippen molar-refractivity contribution in [3.8, 4) is 5.75 Å². The van der Waals surface area contributed by atoms with Crippen molar-refractivity contribution in [3.63, 3.8) is 0 Å². The third-order valence-electron chi connectivity index (χ3n) is 6.90. The van der Waals surface area contributed by atoms with E-state index in [9.17, 15) is 4.79 Å². The predicted octanol–water partition coefficient (Wildman–Crippen LogP) is 2.73. The molecule has 1 saturated carbocycles. The van der Waals surface area contributed by atoms with Crippen LogP contribution in [0.3, 0.4) is 0 Å². The van der Waals surface area contributed by atoms with Crippen molar-refractivity contribution >= 4 is 5.91 Å². The van der Waals surface area contributed by atoms with Gasteiger partial charge in [0.2, 0.25) is 5.91 Å². The summed E-state index contributed by atoms with van der Waals surface area (Å²) in [7, 11) is 1.73. The van der Waals surface area contributed by atoms with E-state index >= 15 is 0 Å². The lowest BCUT2D eigenvalue weighted by Gasteiger charge is -2.35. The minimum Gasteiger partial charge on any atom is -0.496 e. The number of likely N-dealkylation sites (tertiary alicyclic amines) is 1. The van der Waals surface area contributed by atoms with Crippen molar-refractivity contribution in [2.45, 2.75) is 44.6 Å². The Morgan fingerprint density at radius 3 is 2.74 bits per heavy atom. The zero-order chi connectivity index (χ0) is 18.7. The van der Waals surface area contributed by atoms with Gasteiger partial charge in [0.25, 0.3) is 0 Å². The molecule has 5 nitrogen and oxygen atoms in total. The standard InChI is InChI=1S/C22H33N3O2/c1-27-20-8-4-3-7-17(20)19(25-13-5-2-6-14-25)16-24-21(26)18-15-22(18)9-11-23-12-10-22/h3-4,7-8,18-19,23H,2,5-6,9-16H2,1H3,(H,24,26). The minimum absolute atomic E-state index is 0.188. The predicted molar refractivity (Wildman–Crippen MR) is 107 cm³/mol. The highest BCUT2D eigenvalue weighted by Crippen LogP contribution is 2.58. The number of para-hydroxylation sites is 1. The summed E-state index contributed by atoms with van der Waals surface area (Å²) in [5, 5.41) is 6.72. The fraction of sp³-hybridized carbons (Fsp3) is 0.682. The summed E-state index contributed by atoms with van der Waals surface area (Å²) in [6.07, 6.45) is 7.14. The molecule has 1 aromatic carbocycles. The summed E-state index contributed by atoms with van der Waals surface area (Å²) in [5.41, 5.74) is 1.48. The van der Waals surface area contributed by atoms with Crippen molar-refractivity contribution in [3.05, 3.63) is 29.8 Å². The van der Waals surface area contributed by atoms with E-state index < -0.39 is 0 Å². The van der Waals surface area contributed by atoms with Crippen LogP contribution in [0.1, 0.15) is 50.1 Å². The average Bonchev–Trinajstić information content (AvgIpc) is 3.42. The quantitative estimate of drug-likeness (QED) is 0.807. The van der Waals surface area contributed by atoms with Crippen LogP contribution in [0.25, 0.3) is 0 Å². The van der Waals surface area contributed by atoms with Crippen LogP contribution in [0.5, 0.6) is 5.75 Å². The molecule has 2 N–H and O–H groups in total. The number of hydrogen-bond donors (Lipinski definition) is 2. The second-order valence-corrected chi connectivity index (χ2v) is 8.47. The Morgan fingerprint density at radius 2 is 2.00 bits per heavy atom. The third-order valence-corrected chi connectivity index (χ3v) is 6.90. The molecule has 0 radical (unpaired) electrons. The van der Waals surface area contributed by atoms with Crippen molar-refractivity contribution in [2.75, 3.05) is 39.8 Å². The molecule has 2 aliphatic heterocycles. The van der Waals surface area contributed by atoms with E-state index in [1.807, 2.05) is 12.1 Å². The maximum atomic E-state index is 12.9. The first-order chi connectivity index (χ1) is 13.2. The number of carbonyl (C=O) groups is 1. The van der Waals surface area contributed by atoms with Crippen molar-refractivity contribution in [1.82, 2.24) is 15.5 Å². The number of piperidine rings is 2. The Hall–Kier alpha value is -1.59. The molecule has 1 aromatic rings. The van der Waals surface area contributed by atoms with E-state index in [1.165, 1.54) is 24.8 Å². The molecule has 5 heteroatoms. The van der Waals surface area contributed by atoms with Gasteiger partial charge in [-0.1, -0.05) is 24.6 Å². The van der Waals surface area contributed by atoms with Gasteiger partial charge in [0, 0.05) is 18.0 Å². The maximum absolute atomic E-state index is 12.9. The topological polar surface area (TPSA) is 53.6 Å². The minimum atomic E-state index is 0.188. The molecule has 2 unspecified atom stereocenters. The van der Waals surface area contributed by atoms with E-state index in [4.69, 9.17) is 4.74 Å². The van der Waals surface area contributed by atoms with Gasteiger partial charge in [-0.15, -0.1) is 0 Å². The Bertz CT molecular complexity index is 651. The van der Waals surface area contributed by atoms with Gasteiger partial charge in [0.05, 0.1) is 13.2 Å². The fourth-order valence-electron chi connectivity index (χ4n) is 5.12. The zero-order valence-corrected chi connectivity index (χ0v) is 16.5. The highest BCUT2D eigenvalue weighted by atomic mass is 16.5. The fourth-order valence-corrected chi connectivity index (χ4v) is 5.12. The zero-order valence-electron chi connectivity index (χ0n) is 16.5. The molecule has 1 amide bonds. The first-order valence-corrected chi connectivity index (χ1v) is 10.6. The summed E-state index contributed by atoms with van der Waals surface area (Å²) in [6, 6.07) is 8.45. The first-order valence-electron chi connectivity index (χ1n) is 10.6. The molecule has 2 atom stereocenters. The summed E-state index contributed by atoms with van der Waals surface area (Å²) in [6.45, 7) is 4.97. The number of nitrogens with one attached hydrogen (secondary N) is 2. The Labute approximate surface area is 162 Å². The van der Waals surface area contributed by atoms with Crippen molar-refractivity contribution in [1.29, 1.82) is 0 Å². The molecule has 2 saturated heterocycles. The van der Waals surface area contributed by atoms with E-state index in [2.05, 4.69) is 27.7 Å². The van der Waals surface area contributed by atoms with Gasteiger partial charge in [0.15, 0.2) is 0 Å². The third kappa shape index (κ3) is 3.99. The summed E-state index contributed by atoms with van der Waals surface area (Å²) in [5.74, 6) is 1.40. The molecular formula is C22H33N3O2. The Morgan fingerprint density at radius 1 is 1.26 bits per heavy atom. The lowest BCUT2D eigenvalue weighted by Crippen LogP contribution is -2.42. The molecule has 0 aromatic heterocycles. The highest BCUT2D eigenvalue weighted by Gasteiger charge is 2.57. The van der Waals surface area contributed by atoms with Gasteiger partial charge in [-0.05, 0) is 69.8 Å². The summed E-state index contributed by atoms with van der Waals surface area (Å²) < 4.78 is 5.63. The van der Waals surface area contributed by atoms with Crippen LogP contribution < -0.4 is 15.4 Å². The van der Waals surface area contributed by atoms with Crippen molar-refractivity contribution in [2.24, 2.45) is 11.3 Å². The SMILES string of the molecule is COc1ccccc1C(CNC(=O)C1CC12CCNCC2)N1CCCCC1. The number of ether oxygens (including phenoxy) is 1. The molecule has 3 aliphatic rings. The number of amides is 1. The molecule has 148 valence electrons. The second kappa shape index (κ2) is 8.19. The molecule has 2 heterocycles. The van der Waals surface area contributed by atoms with E-state index in [1.54, 1.807) is 7.11 Å². The molecule has 1 spiro atoms. The van der Waals surface area contributed by atoms with Gasteiger partial charge >= 0.3 is 0 Å². The van der Waals surface area contributed by atoms with Crippen LogP contribution in [0.2, 0.25) is 0 Å². The number of carbonyl (C=O) groups excluding carboxylic acids is 1. The second-order valence-electron chi connectivity index (χ2n) is 8.47. The molecular weight excluding hydrogens is 338 g/mol. The number of hydrogen-bond acceptors (Lipinski definition) is 4. The van der Waals surface area contributed by atoms with Crippen LogP contribution in [-0.2, 0) is 4.79 Å². The molecule has 0 bridgehead atoms. The number of benzene rings is 1. The van der Waals surface area contributed by atoms with Crippen molar-refractivity contribution < 1.29 is 9.53 Å². The largest absolute Gasteiger partial charge is 0.496 e. The van der Waals surface area contributed by atoms with E-state index in [0.29, 0.717) is 12.0 Å². The van der Waals surface area contributed by atoms with Crippen LogP contribution in [-0.4, -0.2) is 50.6 Å². The number of methoxy groups -OCH3 is 1. The molecule has 4 rings (SSSR count). The number of rotatable bonds is 6. The monoisotopic (exact) mass is 371 g/mol. The van der Waals surface area contributed by atoms with Crippen LogP contribution >= 0.6 is 0 Å². The average molecular weight is 372 g/mol. The van der Waals surface area contributed by atoms with Gasteiger partial charge in [-0.3, -0.25) is 9.69 Å². The summed E-state index contributed by atoms with van der Waals surface area (Å²) in [4.78, 5) is 15.4. The maximum Gasteiger partial charge on any atom is 0.223 e. The molecule has 27 heavy (non-hydrogen) atoms. The van der Waals surface area contributed by atoms with Gasteiger partial charge < -0.3 is 15.4 Å². The lowest BCUT2D eigenvalue weighted by atomic mass is 9.91. The normalized spacial score (nSPS) is 25.7. The van der Waals surface area contributed by atoms with E-state index in [-0.39, 0.29) is 17.9 Å². The summed E-state index contributed by atoms with van der Waals surface area (Å²) >= 11 is 0. The highest BCUT2D eigenvalue weighted by molar-refractivity contribution is 5.82.